The van der Waals surface area contributed by atoms with Crippen molar-refractivity contribution >= 4 is 14.2 Å². The van der Waals surface area contributed by atoms with Gasteiger partial charge in [0.1, 0.15) is 0 Å². The standard InChI is InChI=1S/C10H14OSi/c1-9(2)11-12(3)10-7-5-4-6-8-10/h4-8,12H,1H2,2-3H3. The maximum atomic E-state index is 5.58. The molecule has 0 spiro atoms. The molecule has 1 unspecified atom stereocenters. The molecule has 12 heavy (non-hydrogen) atoms. The van der Waals surface area contributed by atoms with E-state index in [0.29, 0.717) is 0 Å². The Labute approximate surface area is 75.4 Å². The van der Waals surface area contributed by atoms with Crippen molar-refractivity contribution in [1.29, 1.82) is 0 Å². The Morgan fingerprint density at radius 1 is 1.33 bits per heavy atom. The summed E-state index contributed by atoms with van der Waals surface area (Å²) in [4.78, 5) is 0. The highest BCUT2D eigenvalue weighted by atomic mass is 28.3. The van der Waals surface area contributed by atoms with Gasteiger partial charge in [-0.05, 0) is 18.7 Å². The van der Waals surface area contributed by atoms with Crippen molar-refractivity contribution < 1.29 is 4.43 Å². The quantitative estimate of drug-likeness (QED) is 0.506. The van der Waals surface area contributed by atoms with Crippen LogP contribution in [0.3, 0.4) is 0 Å². The molecular formula is C10H14OSi. The Balaban J connectivity index is 2.65. The van der Waals surface area contributed by atoms with E-state index in [9.17, 15) is 0 Å². The topological polar surface area (TPSA) is 9.23 Å². The minimum absolute atomic E-state index is 0.818. The summed E-state index contributed by atoms with van der Waals surface area (Å²) < 4.78 is 5.58. The first kappa shape index (κ1) is 9.07. The monoisotopic (exact) mass is 178 g/mol. The third kappa shape index (κ3) is 2.55. The van der Waals surface area contributed by atoms with E-state index in [1.807, 2.05) is 25.1 Å². The summed E-state index contributed by atoms with van der Waals surface area (Å²) in [5.41, 5.74) is 0. The predicted molar refractivity (Wildman–Crippen MR) is 55.0 cm³/mol. The second kappa shape index (κ2) is 4.12. The maximum absolute atomic E-state index is 5.58. The molecule has 2 heteroatoms. The second-order valence-electron chi connectivity index (χ2n) is 2.87. The zero-order valence-corrected chi connectivity index (χ0v) is 8.73. The molecule has 0 radical (unpaired) electrons. The fourth-order valence-electron chi connectivity index (χ4n) is 1.09. The van der Waals surface area contributed by atoms with Gasteiger partial charge >= 0.3 is 0 Å². The first-order valence-corrected chi connectivity index (χ1v) is 6.27. The Bertz CT molecular complexity index is 256. The highest BCUT2D eigenvalue weighted by molar-refractivity contribution is 6.66. The summed E-state index contributed by atoms with van der Waals surface area (Å²) in [6.07, 6.45) is 0. The average molecular weight is 178 g/mol. The van der Waals surface area contributed by atoms with Gasteiger partial charge in [0.15, 0.2) is 0 Å². The number of allylic oxidation sites excluding steroid dienone is 1. The molecule has 0 aliphatic carbocycles. The molecule has 0 N–H and O–H groups in total. The van der Waals surface area contributed by atoms with Crippen LogP contribution >= 0.6 is 0 Å². The van der Waals surface area contributed by atoms with E-state index >= 15 is 0 Å². The van der Waals surface area contributed by atoms with Crippen LogP contribution in [0.2, 0.25) is 6.55 Å². The third-order valence-corrected chi connectivity index (χ3v) is 3.73. The average Bonchev–Trinajstić information content (AvgIpc) is 2.05. The molecule has 0 saturated carbocycles. The number of hydrogen-bond acceptors (Lipinski definition) is 1. The van der Waals surface area contributed by atoms with E-state index in [1.54, 1.807) is 0 Å². The minimum atomic E-state index is -1.22. The van der Waals surface area contributed by atoms with Gasteiger partial charge in [-0.1, -0.05) is 36.9 Å². The van der Waals surface area contributed by atoms with Gasteiger partial charge in [0, 0.05) is 0 Å². The Morgan fingerprint density at radius 3 is 2.42 bits per heavy atom. The molecule has 0 aliphatic rings. The Morgan fingerprint density at radius 2 is 1.92 bits per heavy atom. The fourth-order valence-corrected chi connectivity index (χ4v) is 2.60. The minimum Gasteiger partial charge on any atom is -0.546 e. The van der Waals surface area contributed by atoms with Crippen LogP contribution in [0.1, 0.15) is 6.92 Å². The van der Waals surface area contributed by atoms with E-state index in [4.69, 9.17) is 4.43 Å². The van der Waals surface area contributed by atoms with Gasteiger partial charge < -0.3 is 4.43 Å². The lowest BCUT2D eigenvalue weighted by Gasteiger charge is -2.12. The van der Waals surface area contributed by atoms with Gasteiger partial charge in [-0.15, -0.1) is 0 Å². The van der Waals surface area contributed by atoms with Gasteiger partial charge in [-0.3, -0.25) is 0 Å². The summed E-state index contributed by atoms with van der Waals surface area (Å²) >= 11 is 0. The normalized spacial score (nSPS) is 12.2. The SMILES string of the molecule is C=C(C)O[SiH](C)c1ccccc1. The van der Waals surface area contributed by atoms with Crippen molar-refractivity contribution in [2.75, 3.05) is 0 Å². The summed E-state index contributed by atoms with van der Waals surface area (Å²) in [5, 5.41) is 1.32. The van der Waals surface area contributed by atoms with E-state index in [0.717, 1.165) is 5.76 Å². The molecule has 64 valence electrons. The van der Waals surface area contributed by atoms with Crippen LogP contribution in [0.5, 0.6) is 0 Å². The molecule has 0 saturated heterocycles. The van der Waals surface area contributed by atoms with Crippen LogP contribution in [0.25, 0.3) is 0 Å². The highest BCUT2D eigenvalue weighted by Gasteiger charge is 2.07. The van der Waals surface area contributed by atoms with Crippen molar-refractivity contribution in [2.24, 2.45) is 0 Å². The van der Waals surface area contributed by atoms with Crippen LogP contribution in [0.4, 0.5) is 0 Å². The lowest BCUT2D eigenvalue weighted by molar-refractivity contribution is 0.451. The lowest BCUT2D eigenvalue weighted by Crippen LogP contribution is -2.28. The van der Waals surface area contributed by atoms with Crippen LogP contribution in [0, 0.1) is 0 Å². The van der Waals surface area contributed by atoms with E-state index in [-0.39, 0.29) is 0 Å². The molecule has 0 heterocycles. The van der Waals surface area contributed by atoms with Crippen LogP contribution < -0.4 is 5.19 Å². The van der Waals surface area contributed by atoms with Crippen LogP contribution in [0.15, 0.2) is 42.7 Å². The largest absolute Gasteiger partial charge is 0.546 e. The highest BCUT2D eigenvalue weighted by Crippen LogP contribution is 1.96. The van der Waals surface area contributed by atoms with Gasteiger partial charge in [-0.2, -0.15) is 0 Å². The van der Waals surface area contributed by atoms with Gasteiger partial charge in [0.25, 0.3) is 9.04 Å². The van der Waals surface area contributed by atoms with Crippen molar-refractivity contribution in [1.82, 2.24) is 0 Å². The summed E-state index contributed by atoms with van der Waals surface area (Å²) in [5.74, 6) is 0.818. The van der Waals surface area contributed by atoms with E-state index in [1.165, 1.54) is 5.19 Å². The zero-order valence-electron chi connectivity index (χ0n) is 7.58. The summed E-state index contributed by atoms with van der Waals surface area (Å²) in [7, 11) is -1.22. The smallest absolute Gasteiger partial charge is 0.263 e. The summed E-state index contributed by atoms with van der Waals surface area (Å²) in [6, 6.07) is 10.3. The molecule has 0 fully saturated rings. The molecular weight excluding hydrogens is 164 g/mol. The summed E-state index contributed by atoms with van der Waals surface area (Å²) in [6.45, 7) is 7.79. The van der Waals surface area contributed by atoms with Crippen molar-refractivity contribution in [3.05, 3.63) is 42.7 Å². The molecule has 1 aromatic carbocycles. The van der Waals surface area contributed by atoms with Gasteiger partial charge in [-0.25, -0.2) is 0 Å². The zero-order chi connectivity index (χ0) is 8.97. The first-order chi connectivity index (χ1) is 5.70. The number of rotatable bonds is 3. The van der Waals surface area contributed by atoms with Gasteiger partial charge in [0.2, 0.25) is 0 Å². The number of hydrogen-bond donors (Lipinski definition) is 0. The molecule has 0 aromatic heterocycles. The molecule has 1 nitrogen and oxygen atoms in total. The predicted octanol–water partition coefficient (Wildman–Crippen LogP) is 1.80. The molecule has 0 aliphatic heterocycles. The molecule has 1 rings (SSSR count). The van der Waals surface area contributed by atoms with Crippen LogP contribution in [-0.4, -0.2) is 9.04 Å². The first-order valence-electron chi connectivity index (χ1n) is 4.07. The van der Waals surface area contributed by atoms with Crippen LogP contribution in [-0.2, 0) is 4.43 Å². The van der Waals surface area contributed by atoms with Crippen molar-refractivity contribution in [3.63, 3.8) is 0 Å². The second-order valence-corrected chi connectivity index (χ2v) is 5.06. The fraction of sp³-hybridized carbons (Fsp3) is 0.200. The maximum Gasteiger partial charge on any atom is 0.263 e. The van der Waals surface area contributed by atoms with E-state index < -0.39 is 9.04 Å². The molecule has 0 amide bonds. The van der Waals surface area contributed by atoms with Crippen molar-refractivity contribution in [3.8, 4) is 0 Å². The molecule has 1 aromatic rings. The third-order valence-electron chi connectivity index (χ3n) is 1.65. The van der Waals surface area contributed by atoms with E-state index in [2.05, 4.69) is 25.3 Å². The lowest BCUT2D eigenvalue weighted by atomic mass is 10.4. The Kier molecular flexibility index (Phi) is 3.11. The molecule has 1 atom stereocenters. The van der Waals surface area contributed by atoms with Gasteiger partial charge in [0.05, 0.1) is 5.76 Å². The van der Waals surface area contributed by atoms with Crippen molar-refractivity contribution in [2.45, 2.75) is 13.5 Å². The Hall–Kier alpha value is -1.02. The number of benzene rings is 1. The molecule has 0 bridgehead atoms.